The summed E-state index contributed by atoms with van der Waals surface area (Å²) in [6, 6.07) is 9.40. The summed E-state index contributed by atoms with van der Waals surface area (Å²) in [5.74, 6) is 0.378. The summed E-state index contributed by atoms with van der Waals surface area (Å²) in [6.45, 7) is 4.58. The topological polar surface area (TPSA) is 67.7 Å². The van der Waals surface area contributed by atoms with Gasteiger partial charge in [0.15, 0.2) is 5.96 Å². The zero-order chi connectivity index (χ0) is 18.7. The third kappa shape index (κ3) is 5.49. The van der Waals surface area contributed by atoms with Gasteiger partial charge >= 0.3 is 0 Å². The van der Waals surface area contributed by atoms with Crippen molar-refractivity contribution in [2.75, 3.05) is 6.54 Å². The maximum Gasteiger partial charge on any atom is 0.189 e. The van der Waals surface area contributed by atoms with E-state index in [2.05, 4.69) is 28.3 Å². The van der Waals surface area contributed by atoms with E-state index in [1.54, 1.807) is 12.1 Å². The minimum absolute atomic E-state index is 0. The number of benzene rings is 1. The molecule has 8 heteroatoms. The first-order valence-corrected chi connectivity index (χ1v) is 9.14. The fraction of sp³-hybridized carbons (Fsp3) is 0.263. The fourth-order valence-corrected chi connectivity index (χ4v) is 3.39. The van der Waals surface area contributed by atoms with E-state index in [-0.39, 0.29) is 30.0 Å². The Hall–Kier alpha value is -1.51. The molecule has 0 fully saturated rings. The molecule has 3 N–H and O–H groups in total. The first kappa shape index (κ1) is 21.8. The van der Waals surface area contributed by atoms with E-state index >= 15 is 0 Å². The van der Waals surface area contributed by atoms with Crippen LogP contribution in [-0.4, -0.2) is 21.9 Å². The third-order valence-electron chi connectivity index (χ3n) is 4.17. The van der Waals surface area contributed by atoms with Crippen LogP contribution in [0.2, 0.25) is 10.0 Å². The van der Waals surface area contributed by atoms with Crippen LogP contribution in [0.25, 0.3) is 5.65 Å². The highest BCUT2D eigenvalue weighted by Gasteiger charge is 2.10. The van der Waals surface area contributed by atoms with Crippen LogP contribution < -0.4 is 11.1 Å². The molecule has 1 aromatic carbocycles. The number of fused-ring (bicyclic) bond motifs is 1. The Bertz CT molecular complexity index is 954. The smallest absolute Gasteiger partial charge is 0.189 e. The van der Waals surface area contributed by atoms with Crippen molar-refractivity contribution in [1.29, 1.82) is 0 Å². The van der Waals surface area contributed by atoms with Crippen LogP contribution in [0.4, 0.5) is 0 Å². The summed E-state index contributed by atoms with van der Waals surface area (Å²) in [4.78, 5) is 9.03. The summed E-state index contributed by atoms with van der Waals surface area (Å²) in [5, 5.41) is 4.36. The Labute approximate surface area is 186 Å². The number of pyridine rings is 1. The summed E-state index contributed by atoms with van der Waals surface area (Å²) in [6.07, 6.45) is 4.74. The molecule has 2 heterocycles. The van der Waals surface area contributed by atoms with Crippen LogP contribution in [0.15, 0.2) is 47.7 Å². The lowest BCUT2D eigenvalue weighted by molar-refractivity contribution is 0.707. The van der Waals surface area contributed by atoms with E-state index in [0.717, 1.165) is 28.9 Å². The maximum atomic E-state index is 6.23. The molecule has 0 saturated carbocycles. The molecule has 5 nitrogen and oxygen atoms in total. The number of nitrogens with one attached hydrogen (secondary N) is 1. The average molecular weight is 518 g/mol. The molecule has 0 saturated heterocycles. The van der Waals surface area contributed by atoms with Crippen molar-refractivity contribution in [3.8, 4) is 0 Å². The van der Waals surface area contributed by atoms with Crippen molar-refractivity contribution in [1.82, 2.24) is 14.7 Å². The van der Waals surface area contributed by atoms with E-state index < -0.39 is 0 Å². The number of guanidine groups is 1. The Morgan fingerprint density at radius 2 is 2.11 bits per heavy atom. The van der Waals surface area contributed by atoms with Crippen molar-refractivity contribution in [3.63, 3.8) is 0 Å². The van der Waals surface area contributed by atoms with Gasteiger partial charge in [-0.2, -0.15) is 0 Å². The van der Waals surface area contributed by atoms with Crippen molar-refractivity contribution >= 4 is 58.8 Å². The van der Waals surface area contributed by atoms with Crippen LogP contribution in [0.3, 0.4) is 0 Å². The van der Waals surface area contributed by atoms with Gasteiger partial charge in [-0.25, -0.2) is 4.98 Å². The van der Waals surface area contributed by atoms with Gasteiger partial charge in [0.25, 0.3) is 0 Å². The number of aliphatic imine (C=N–C) groups is 1. The lowest BCUT2D eigenvalue weighted by atomic mass is 10.1. The molecular weight excluding hydrogens is 496 g/mol. The predicted octanol–water partition coefficient (Wildman–Crippen LogP) is 4.78. The molecule has 2 aromatic heterocycles. The minimum atomic E-state index is -0.0682. The minimum Gasteiger partial charge on any atom is -0.370 e. The van der Waals surface area contributed by atoms with Gasteiger partial charge in [-0.05, 0) is 43.2 Å². The molecule has 0 aliphatic rings. The zero-order valence-electron chi connectivity index (χ0n) is 15.1. The Morgan fingerprint density at radius 3 is 2.81 bits per heavy atom. The summed E-state index contributed by atoms with van der Waals surface area (Å²) in [5.41, 5.74) is 10.0. The quantitative estimate of drug-likeness (QED) is 0.291. The van der Waals surface area contributed by atoms with E-state index in [0.29, 0.717) is 22.5 Å². The molecule has 0 amide bonds. The van der Waals surface area contributed by atoms with Gasteiger partial charge in [0.1, 0.15) is 5.65 Å². The molecule has 27 heavy (non-hydrogen) atoms. The van der Waals surface area contributed by atoms with Gasteiger partial charge in [-0.15, -0.1) is 24.0 Å². The highest BCUT2D eigenvalue weighted by atomic mass is 127. The Balaban J connectivity index is 0.00000261. The lowest BCUT2D eigenvalue weighted by Crippen LogP contribution is -2.34. The van der Waals surface area contributed by atoms with Crippen LogP contribution in [0.5, 0.6) is 0 Å². The number of aryl methyl sites for hydroxylation is 1. The molecule has 0 aliphatic heterocycles. The number of imidazole rings is 1. The number of nitrogens with zero attached hydrogens (tertiary/aromatic N) is 3. The molecule has 0 aliphatic carbocycles. The van der Waals surface area contributed by atoms with E-state index in [9.17, 15) is 0 Å². The van der Waals surface area contributed by atoms with E-state index in [4.69, 9.17) is 28.9 Å². The Kier molecular flexibility index (Phi) is 7.76. The molecule has 1 unspecified atom stereocenters. The van der Waals surface area contributed by atoms with Gasteiger partial charge in [0.2, 0.25) is 0 Å². The second kappa shape index (κ2) is 9.61. The number of hydrogen-bond acceptors (Lipinski definition) is 2. The predicted molar refractivity (Wildman–Crippen MR) is 124 cm³/mol. The monoisotopic (exact) mass is 517 g/mol. The van der Waals surface area contributed by atoms with Gasteiger partial charge in [-0.1, -0.05) is 35.3 Å². The summed E-state index contributed by atoms with van der Waals surface area (Å²) in [7, 11) is 0. The first-order chi connectivity index (χ1) is 12.4. The van der Waals surface area contributed by atoms with Crippen LogP contribution in [-0.2, 0) is 6.42 Å². The van der Waals surface area contributed by atoms with Crippen LogP contribution >= 0.6 is 47.2 Å². The molecule has 3 aromatic rings. The Morgan fingerprint density at radius 1 is 1.33 bits per heavy atom. The molecule has 144 valence electrons. The lowest BCUT2D eigenvalue weighted by Gasteiger charge is -2.16. The number of hydrogen-bond donors (Lipinski definition) is 2. The molecule has 1 atom stereocenters. The number of halogens is 3. The third-order valence-corrected chi connectivity index (χ3v) is 4.73. The number of aromatic nitrogens is 2. The van der Waals surface area contributed by atoms with Gasteiger partial charge in [-0.3, -0.25) is 4.99 Å². The SMILES string of the molecule is Cc1cccn2cc(CCN=C(N)NC(C)c3ccc(Cl)cc3Cl)nc12.I. The molecule has 0 bridgehead atoms. The molecule has 0 spiro atoms. The van der Waals surface area contributed by atoms with Crippen molar-refractivity contribution in [2.45, 2.75) is 26.3 Å². The first-order valence-electron chi connectivity index (χ1n) is 8.38. The van der Waals surface area contributed by atoms with Gasteiger partial charge in [0.05, 0.1) is 11.7 Å². The fourth-order valence-electron chi connectivity index (χ4n) is 2.81. The summed E-state index contributed by atoms with van der Waals surface area (Å²) < 4.78 is 2.03. The van der Waals surface area contributed by atoms with Crippen molar-refractivity contribution < 1.29 is 0 Å². The van der Waals surface area contributed by atoms with Crippen LogP contribution in [0.1, 0.15) is 29.8 Å². The standard InChI is InChI=1S/C19H21Cl2N5.HI/c1-12-4-3-9-26-11-15(25-18(12)26)7-8-23-19(22)24-13(2)16-6-5-14(20)10-17(16)21;/h3-6,9-11,13H,7-8H2,1-2H3,(H3,22,23,24);1H. The van der Waals surface area contributed by atoms with Gasteiger partial charge < -0.3 is 15.5 Å². The molecule has 3 rings (SSSR count). The normalized spacial score (nSPS) is 12.7. The zero-order valence-corrected chi connectivity index (χ0v) is 19.0. The largest absolute Gasteiger partial charge is 0.370 e. The summed E-state index contributed by atoms with van der Waals surface area (Å²) >= 11 is 12.2. The van der Waals surface area contributed by atoms with Crippen molar-refractivity contribution in [2.24, 2.45) is 10.7 Å². The van der Waals surface area contributed by atoms with Crippen molar-refractivity contribution in [3.05, 3.63) is 69.6 Å². The van der Waals surface area contributed by atoms with E-state index in [1.807, 2.05) is 35.9 Å². The molecular formula is C19H22Cl2IN5. The average Bonchev–Trinajstić information content (AvgIpc) is 2.99. The number of rotatable bonds is 5. The highest BCUT2D eigenvalue weighted by Crippen LogP contribution is 2.25. The second-order valence-electron chi connectivity index (χ2n) is 6.20. The van der Waals surface area contributed by atoms with E-state index in [1.165, 1.54) is 0 Å². The maximum absolute atomic E-state index is 6.23. The van der Waals surface area contributed by atoms with Gasteiger partial charge in [0, 0.05) is 35.4 Å². The van der Waals surface area contributed by atoms with Crippen LogP contribution in [0, 0.1) is 6.92 Å². The highest BCUT2D eigenvalue weighted by molar-refractivity contribution is 14.0. The molecule has 0 radical (unpaired) electrons. The second-order valence-corrected chi connectivity index (χ2v) is 7.05. The number of nitrogens with two attached hydrogens (primary N) is 1.